The van der Waals surface area contributed by atoms with Crippen molar-refractivity contribution in [2.24, 2.45) is 5.73 Å². The third-order valence-electron chi connectivity index (χ3n) is 3.19. The van der Waals surface area contributed by atoms with Crippen molar-refractivity contribution in [3.8, 4) is 0 Å². The Morgan fingerprint density at radius 3 is 2.50 bits per heavy atom. The monoisotopic (exact) mass is 293 g/mol. The van der Waals surface area contributed by atoms with Crippen LogP contribution in [0, 0.1) is 0 Å². The molecule has 20 heavy (non-hydrogen) atoms. The van der Waals surface area contributed by atoms with Crippen LogP contribution in [-0.4, -0.2) is 35.9 Å². The van der Waals surface area contributed by atoms with E-state index in [-0.39, 0.29) is 5.91 Å². The van der Waals surface area contributed by atoms with E-state index in [1.807, 2.05) is 0 Å². The van der Waals surface area contributed by atoms with E-state index < -0.39 is 5.91 Å². The zero-order chi connectivity index (χ0) is 14.4. The molecule has 1 fully saturated rings. The van der Waals surface area contributed by atoms with Crippen molar-refractivity contribution in [2.45, 2.75) is 18.1 Å². The van der Waals surface area contributed by atoms with Crippen LogP contribution >= 0.6 is 11.8 Å². The van der Waals surface area contributed by atoms with E-state index in [2.05, 4.69) is 10.6 Å². The maximum Gasteiger partial charge on any atom is 0.248 e. The molecule has 0 aromatic heterocycles. The summed E-state index contributed by atoms with van der Waals surface area (Å²) in [6, 6.07) is 6.59. The van der Waals surface area contributed by atoms with Crippen LogP contribution < -0.4 is 16.4 Å². The van der Waals surface area contributed by atoms with Crippen LogP contribution in [0.2, 0.25) is 0 Å². The first kappa shape index (κ1) is 14.9. The van der Waals surface area contributed by atoms with Gasteiger partial charge >= 0.3 is 0 Å². The number of carbonyl (C=O) groups excluding carboxylic acids is 2. The predicted molar refractivity (Wildman–Crippen MR) is 81.9 cm³/mol. The second-order valence-electron chi connectivity index (χ2n) is 4.75. The van der Waals surface area contributed by atoms with Crippen molar-refractivity contribution in [1.29, 1.82) is 0 Å². The van der Waals surface area contributed by atoms with E-state index in [9.17, 15) is 9.59 Å². The largest absolute Gasteiger partial charge is 0.366 e. The molecule has 2 amide bonds. The molecule has 0 saturated carbocycles. The Balaban J connectivity index is 1.77. The molecule has 0 unspecified atom stereocenters. The molecule has 0 atom stereocenters. The summed E-state index contributed by atoms with van der Waals surface area (Å²) in [6.45, 7) is 2.07. The minimum absolute atomic E-state index is 0.0136. The number of carbonyl (C=O) groups is 2. The van der Waals surface area contributed by atoms with Gasteiger partial charge in [-0.1, -0.05) is 0 Å². The summed E-state index contributed by atoms with van der Waals surface area (Å²) in [5, 5.41) is 6.69. The van der Waals surface area contributed by atoms with Gasteiger partial charge in [-0.05, 0) is 50.2 Å². The number of benzene rings is 1. The number of piperidine rings is 1. The highest BCUT2D eigenvalue weighted by atomic mass is 32.2. The fraction of sp³-hybridized carbons (Fsp3) is 0.429. The van der Waals surface area contributed by atoms with Gasteiger partial charge in [-0.15, -0.1) is 11.8 Å². The molecule has 1 aliphatic heterocycles. The molecule has 0 radical (unpaired) electrons. The van der Waals surface area contributed by atoms with Gasteiger partial charge in [0.15, 0.2) is 0 Å². The minimum atomic E-state index is -0.468. The second kappa shape index (κ2) is 7.31. The van der Waals surface area contributed by atoms with Crippen LogP contribution in [0.5, 0.6) is 0 Å². The first-order chi connectivity index (χ1) is 9.65. The summed E-state index contributed by atoms with van der Waals surface area (Å²) in [7, 11) is 0. The van der Waals surface area contributed by atoms with Crippen LogP contribution in [0.1, 0.15) is 23.2 Å². The maximum atomic E-state index is 11.8. The highest BCUT2D eigenvalue weighted by molar-refractivity contribution is 8.00. The zero-order valence-corrected chi connectivity index (χ0v) is 12.0. The van der Waals surface area contributed by atoms with Gasteiger partial charge in [-0.25, -0.2) is 0 Å². The number of hydrogen-bond donors (Lipinski definition) is 3. The average Bonchev–Trinajstić information content (AvgIpc) is 2.47. The van der Waals surface area contributed by atoms with Crippen LogP contribution in [0.15, 0.2) is 24.3 Å². The molecule has 0 spiro atoms. The number of nitrogens with one attached hydrogen (secondary N) is 2. The third kappa shape index (κ3) is 4.54. The summed E-state index contributed by atoms with van der Waals surface area (Å²) >= 11 is 1.71. The van der Waals surface area contributed by atoms with E-state index in [4.69, 9.17) is 5.73 Å². The number of nitrogens with two attached hydrogens (primary N) is 1. The standard InChI is InChI=1S/C14H19N3O2S/c15-14(19)10-1-3-11(4-2-10)17-13(18)9-20-12-5-7-16-8-6-12/h1-4,12,16H,5-9H2,(H2,15,19)(H,17,18). The molecule has 6 heteroatoms. The van der Waals surface area contributed by atoms with E-state index in [0.717, 1.165) is 25.9 Å². The van der Waals surface area contributed by atoms with E-state index in [1.54, 1.807) is 36.0 Å². The topological polar surface area (TPSA) is 84.2 Å². The predicted octanol–water partition coefficient (Wildman–Crippen LogP) is 1.21. The molecule has 0 aliphatic carbocycles. The van der Waals surface area contributed by atoms with Gasteiger partial charge in [0, 0.05) is 16.5 Å². The molecule has 1 heterocycles. The summed E-state index contributed by atoms with van der Waals surface area (Å²) < 4.78 is 0. The summed E-state index contributed by atoms with van der Waals surface area (Å²) in [5.74, 6) is -0.0212. The van der Waals surface area contributed by atoms with Crippen LogP contribution in [0.3, 0.4) is 0 Å². The first-order valence-corrected chi connectivity index (χ1v) is 7.72. The van der Waals surface area contributed by atoms with Crippen LogP contribution in [-0.2, 0) is 4.79 Å². The normalized spacial score (nSPS) is 15.8. The molecule has 1 aromatic carbocycles. The van der Waals surface area contributed by atoms with Gasteiger partial charge in [0.25, 0.3) is 0 Å². The Morgan fingerprint density at radius 1 is 1.25 bits per heavy atom. The molecular formula is C14H19N3O2S. The quantitative estimate of drug-likeness (QED) is 0.762. The number of rotatable bonds is 5. The SMILES string of the molecule is NC(=O)c1ccc(NC(=O)CSC2CCNCC2)cc1. The van der Waals surface area contributed by atoms with E-state index in [0.29, 0.717) is 22.3 Å². The van der Waals surface area contributed by atoms with E-state index in [1.165, 1.54) is 0 Å². The van der Waals surface area contributed by atoms with E-state index >= 15 is 0 Å². The molecule has 2 rings (SSSR count). The van der Waals surface area contributed by atoms with Crippen molar-refractivity contribution < 1.29 is 9.59 Å². The van der Waals surface area contributed by atoms with Crippen LogP contribution in [0.4, 0.5) is 5.69 Å². The van der Waals surface area contributed by atoms with Crippen molar-refractivity contribution in [2.75, 3.05) is 24.2 Å². The lowest BCUT2D eigenvalue weighted by molar-refractivity contribution is -0.113. The molecule has 4 N–H and O–H groups in total. The van der Waals surface area contributed by atoms with Crippen molar-refractivity contribution in [3.63, 3.8) is 0 Å². The molecule has 1 aliphatic rings. The van der Waals surface area contributed by atoms with Gasteiger partial charge in [-0.3, -0.25) is 9.59 Å². The summed E-state index contributed by atoms with van der Waals surface area (Å²) in [5.41, 5.74) is 6.28. The highest BCUT2D eigenvalue weighted by Gasteiger charge is 2.15. The fourth-order valence-electron chi connectivity index (χ4n) is 2.07. The number of anilines is 1. The lowest BCUT2D eigenvalue weighted by atomic mass is 10.2. The third-order valence-corrected chi connectivity index (χ3v) is 4.56. The summed E-state index contributed by atoms with van der Waals surface area (Å²) in [4.78, 5) is 22.8. The number of primary amides is 1. The molecule has 1 aromatic rings. The zero-order valence-electron chi connectivity index (χ0n) is 11.2. The maximum absolute atomic E-state index is 11.8. The van der Waals surface area contributed by atoms with Gasteiger partial charge < -0.3 is 16.4 Å². The minimum Gasteiger partial charge on any atom is -0.366 e. The Morgan fingerprint density at radius 2 is 1.90 bits per heavy atom. The van der Waals surface area contributed by atoms with Gasteiger partial charge in [0.2, 0.25) is 11.8 Å². The Kier molecular flexibility index (Phi) is 5.43. The number of amides is 2. The molecular weight excluding hydrogens is 274 g/mol. The second-order valence-corrected chi connectivity index (χ2v) is 6.04. The van der Waals surface area contributed by atoms with Gasteiger partial charge in [-0.2, -0.15) is 0 Å². The van der Waals surface area contributed by atoms with Gasteiger partial charge in [0.05, 0.1) is 5.75 Å². The molecule has 1 saturated heterocycles. The molecule has 5 nitrogen and oxygen atoms in total. The van der Waals surface area contributed by atoms with Crippen LogP contribution in [0.25, 0.3) is 0 Å². The Labute approximate surface area is 122 Å². The number of hydrogen-bond acceptors (Lipinski definition) is 4. The first-order valence-electron chi connectivity index (χ1n) is 6.67. The molecule has 0 bridgehead atoms. The van der Waals surface area contributed by atoms with Crippen molar-refractivity contribution in [3.05, 3.63) is 29.8 Å². The molecule has 108 valence electrons. The Hall–Kier alpha value is -1.53. The highest BCUT2D eigenvalue weighted by Crippen LogP contribution is 2.20. The average molecular weight is 293 g/mol. The lowest BCUT2D eigenvalue weighted by Crippen LogP contribution is -2.30. The smallest absolute Gasteiger partial charge is 0.248 e. The number of thioether (sulfide) groups is 1. The lowest BCUT2D eigenvalue weighted by Gasteiger charge is -2.21. The fourth-order valence-corrected chi connectivity index (χ4v) is 3.10. The van der Waals surface area contributed by atoms with Crippen molar-refractivity contribution >= 4 is 29.3 Å². The Bertz CT molecular complexity index is 470. The van der Waals surface area contributed by atoms with Crippen molar-refractivity contribution in [1.82, 2.24) is 5.32 Å². The van der Waals surface area contributed by atoms with Gasteiger partial charge in [0.1, 0.15) is 0 Å². The summed E-state index contributed by atoms with van der Waals surface area (Å²) in [6.07, 6.45) is 2.23.